The summed E-state index contributed by atoms with van der Waals surface area (Å²) in [6.45, 7) is 6.21. The number of hydrogen-bond acceptors (Lipinski definition) is 6. The Hall–Kier alpha value is -1.30. The summed E-state index contributed by atoms with van der Waals surface area (Å²) < 4.78 is 62.4. The van der Waals surface area contributed by atoms with Crippen LogP contribution in [0.1, 0.15) is 26.7 Å². The Kier molecular flexibility index (Phi) is 9.66. The van der Waals surface area contributed by atoms with Crippen LogP contribution in [-0.4, -0.2) is 84.2 Å². The number of primary amides is 1. The van der Waals surface area contributed by atoms with Crippen LogP contribution < -0.4 is 5.73 Å². The number of nitrogens with two attached hydrogens (primary N) is 1. The Balaban J connectivity index is 1.83. The fourth-order valence-electron chi connectivity index (χ4n) is 3.36. The zero-order chi connectivity index (χ0) is 23.1. The van der Waals surface area contributed by atoms with Crippen LogP contribution in [0, 0.1) is 0 Å². The summed E-state index contributed by atoms with van der Waals surface area (Å²) >= 11 is 1.52. The molecule has 31 heavy (non-hydrogen) atoms. The molecule has 0 aromatic carbocycles. The summed E-state index contributed by atoms with van der Waals surface area (Å²) in [5.41, 5.74) is 5.68. The molecular formula is C20H31F4N3O3S. The van der Waals surface area contributed by atoms with E-state index in [9.17, 15) is 22.4 Å². The van der Waals surface area contributed by atoms with E-state index in [0.717, 1.165) is 26.2 Å². The third kappa shape index (κ3) is 7.37. The van der Waals surface area contributed by atoms with Crippen molar-refractivity contribution in [3.63, 3.8) is 0 Å². The molecule has 0 spiro atoms. The fourth-order valence-corrected chi connectivity index (χ4v) is 4.64. The van der Waals surface area contributed by atoms with E-state index < -0.39 is 23.7 Å². The van der Waals surface area contributed by atoms with E-state index in [1.165, 1.54) is 24.1 Å². The number of ether oxygens (including phenoxy) is 2. The second-order valence-corrected chi connectivity index (χ2v) is 9.15. The number of hydrogen-bond donors (Lipinski definition) is 1. The fraction of sp³-hybridized carbons (Fsp3) is 0.750. The predicted octanol–water partition coefficient (Wildman–Crippen LogP) is 3.05. The van der Waals surface area contributed by atoms with Gasteiger partial charge in [0.2, 0.25) is 5.91 Å². The maximum atomic E-state index is 13.0. The molecule has 0 saturated carbocycles. The van der Waals surface area contributed by atoms with Crippen molar-refractivity contribution in [1.82, 2.24) is 9.21 Å². The monoisotopic (exact) mass is 469 g/mol. The SMILES string of the molecule is C/C=C(\C=C/C(C)N1CCN(SC2(C(N)=O)CCOCC2)CC1)OCC(F)(F)C(F)F. The highest BCUT2D eigenvalue weighted by molar-refractivity contribution is 7.99. The molecule has 0 aromatic rings. The summed E-state index contributed by atoms with van der Waals surface area (Å²) in [5.74, 6) is -4.38. The lowest BCUT2D eigenvalue weighted by Crippen LogP contribution is -2.52. The van der Waals surface area contributed by atoms with Crippen molar-refractivity contribution in [3.05, 3.63) is 24.0 Å². The second-order valence-electron chi connectivity index (χ2n) is 7.67. The van der Waals surface area contributed by atoms with E-state index in [0.29, 0.717) is 26.1 Å². The van der Waals surface area contributed by atoms with E-state index >= 15 is 0 Å². The van der Waals surface area contributed by atoms with E-state index in [-0.39, 0.29) is 17.7 Å². The molecule has 2 fully saturated rings. The van der Waals surface area contributed by atoms with E-state index in [2.05, 4.69) is 9.21 Å². The van der Waals surface area contributed by atoms with Crippen molar-refractivity contribution in [2.75, 3.05) is 46.0 Å². The summed E-state index contributed by atoms with van der Waals surface area (Å²) in [5, 5.41) is 0. The highest BCUT2D eigenvalue weighted by Gasteiger charge is 2.42. The molecule has 2 heterocycles. The predicted molar refractivity (Wildman–Crippen MR) is 112 cm³/mol. The lowest BCUT2D eigenvalue weighted by molar-refractivity contribution is -0.157. The number of carbonyl (C=O) groups excluding carboxylic acids is 1. The molecule has 0 aromatic heterocycles. The van der Waals surface area contributed by atoms with E-state index in [4.69, 9.17) is 15.2 Å². The molecule has 178 valence electrons. The first kappa shape index (κ1) is 26.0. The largest absolute Gasteiger partial charge is 0.487 e. The molecule has 6 nitrogen and oxygen atoms in total. The van der Waals surface area contributed by atoms with Crippen LogP contribution >= 0.6 is 11.9 Å². The first-order valence-electron chi connectivity index (χ1n) is 10.3. The Morgan fingerprint density at radius 1 is 1.26 bits per heavy atom. The van der Waals surface area contributed by atoms with Gasteiger partial charge >= 0.3 is 12.3 Å². The topological polar surface area (TPSA) is 68.0 Å². The van der Waals surface area contributed by atoms with Crippen molar-refractivity contribution in [2.24, 2.45) is 5.73 Å². The third-order valence-corrected chi connectivity index (χ3v) is 7.06. The lowest BCUT2D eigenvalue weighted by atomic mass is 9.98. The van der Waals surface area contributed by atoms with Gasteiger partial charge in [0.25, 0.3) is 0 Å². The first-order valence-corrected chi connectivity index (χ1v) is 11.1. The number of halogens is 4. The van der Waals surface area contributed by atoms with Gasteiger partial charge in [0.05, 0.1) is 0 Å². The first-order chi connectivity index (χ1) is 14.6. The van der Waals surface area contributed by atoms with Crippen molar-refractivity contribution in [1.29, 1.82) is 0 Å². The van der Waals surface area contributed by atoms with Gasteiger partial charge in [-0.1, -0.05) is 18.0 Å². The Labute approximate surface area is 184 Å². The normalized spacial score (nSPS) is 22.7. The van der Waals surface area contributed by atoms with E-state index in [1.807, 2.05) is 6.92 Å². The zero-order valence-electron chi connectivity index (χ0n) is 17.9. The van der Waals surface area contributed by atoms with Gasteiger partial charge in [0, 0.05) is 45.4 Å². The van der Waals surface area contributed by atoms with Crippen LogP contribution in [0.15, 0.2) is 24.0 Å². The van der Waals surface area contributed by atoms with E-state index in [1.54, 1.807) is 13.0 Å². The van der Waals surface area contributed by atoms with Crippen molar-refractivity contribution in [3.8, 4) is 0 Å². The average Bonchev–Trinajstić information content (AvgIpc) is 2.74. The van der Waals surface area contributed by atoms with Gasteiger partial charge in [-0.3, -0.25) is 9.69 Å². The summed E-state index contributed by atoms with van der Waals surface area (Å²) in [7, 11) is 0. The number of piperazine rings is 1. The van der Waals surface area contributed by atoms with Gasteiger partial charge in [-0.15, -0.1) is 0 Å². The zero-order valence-corrected chi connectivity index (χ0v) is 18.7. The van der Waals surface area contributed by atoms with Gasteiger partial charge in [-0.25, -0.2) is 13.1 Å². The smallest absolute Gasteiger partial charge is 0.340 e. The summed E-state index contributed by atoms with van der Waals surface area (Å²) in [6.07, 6.45) is 2.21. The minimum atomic E-state index is -4.19. The standard InChI is InChI=1S/C20H31F4N3O3S/c1-3-16(30-14-20(23,24)17(21)22)5-4-15(2)26-8-10-27(11-9-26)31-19(18(25)28)6-12-29-13-7-19/h3-5,15,17H,6-14H2,1-2H3,(H2,25,28)/b5-4-,16-3+. The molecule has 0 bridgehead atoms. The quantitative estimate of drug-likeness (QED) is 0.230. The highest BCUT2D eigenvalue weighted by atomic mass is 32.2. The number of carbonyl (C=O) groups is 1. The molecule has 1 unspecified atom stereocenters. The van der Waals surface area contributed by atoms with Crippen LogP contribution in [0.2, 0.25) is 0 Å². The molecule has 0 radical (unpaired) electrons. The van der Waals surface area contributed by atoms with Gasteiger partial charge in [0.1, 0.15) is 10.5 Å². The number of alkyl halides is 4. The Morgan fingerprint density at radius 2 is 1.87 bits per heavy atom. The maximum Gasteiger partial charge on any atom is 0.340 e. The molecule has 2 aliphatic rings. The molecule has 1 atom stereocenters. The number of allylic oxidation sites excluding steroid dienone is 2. The maximum absolute atomic E-state index is 13.0. The Bertz CT molecular complexity index is 650. The molecule has 2 N–H and O–H groups in total. The van der Waals surface area contributed by atoms with Crippen LogP contribution in [0.4, 0.5) is 17.6 Å². The van der Waals surface area contributed by atoms with Crippen LogP contribution in [0.5, 0.6) is 0 Å². The minimum Gasteiger partial charge on any atom is -0.487 e. The molecule has 2 aliphatic heterocycles. The number of nitrogens with zero attached hydrogens (tertiary/aromatic N) is 2. The van der Waals surface area contributed by atoms with Gasteiger partial charge in [-0.05, 0) is 38.8 Å². The molecule has 2 saturated heterocycles. The molecular weight excluding hydrogens is 438 g/mol. The molecule has 11 heteroatoms. The highest BCUT2D eigenvalue weighted by Crippen LogP contribution is 2.38. The van der Waals surface area contributed by atoms with Gasteiger partial charge in [0.15, 0.2) is 6.61 Å². The third-order valence-electron chi connectivity index (χ3n) is 5.48. The van der Waals surface area contributed by atoms with Crippen LogP contribution in [0.25, 0.3) is 0 Å². The van der Waals surface area contributed by atoms with Crippen LogP contribution in [0.3, 0.4) is 0 Å². The average molecular weight is 470 g/mol. The molecule has 2 rings (SSSR count). The minimum absolute atomic E-state index is 0.00510. The van der Waals surface area contributed by atoms with Gasteiger partial charge in [-0.2, -0.15) is 8.78 Å². The second kappa shape index (κ2) is 11.5. The number of amides is 1. The summed E-state index contributed by atoms with van der Waals surface area (Å²) in [4.78, 5) is 14.3. The lowest BCUT2D eigenvalue weighted by Gasteiger charge is -2.42. The van der Waals surface area contributed by atoms with Crippen molar-refractivity contribution >= 4 is 17.9 Å². The van der Waals surface area contributed by atoms with Gasteiger partial charge < -0.3 is 15.2 Å². The Morgan fingerprint density at radius 3 is 2.39 bits per heavy atom. The number of rotatable bonds is 10. The van der Waals surface area contributed by atoms with Crippen molar-refractivity contribution in [2.45, 2.75) is 49.8 Å². The molecule has 1 amide bonds. The van der Waals surface area contributed by atoms with Crippen LogP contribution in [-0.2, 0) is 14.3 Å². The summed E-state index contributed by atoms with van der Waals surface area (Å²) in [6, 6.07) is -0.00510. The van der Waals surface area contributed by atoms with Crippen molar-refractivity contribution < 1.29 is 31.8 Å². The molecule has 0 aliphatic carbocycles.